The smallest absolute Gasteiger partial charge is 0.226 e. The van der Waals surface area contributed by atoms with Gasteiger partial charge in [-0.15, -0.1) is 20.4 Å². The Morgan fingerprint density at radius 3 is 2.46 bits per heavy atom. The Bertz CT molecular complexity index is 1050. The summed E-state index contributed by atoms with van der Waals surface area (Å²) in [7, 11) is 0. The number of nitrogens with zero attached hydrogens (tertiary/aromatic N) is 6. The molecule has 4 aromatic rings. The van der Waals surface area contributed by atoms with Crippen LogP contribution < -0.4 is 4.74 Å². The minimum atomic E-state index is 0.506. The van der Waals surface area contributed by atoms with Crippen molar-refractivity contribution < 1.29 is 9.15 Å². The molecule has 0 amide bonds. The maximum Gasteiger partial charge on any atom is 0.226 e. The van der Waals surface area contributed by atoms with Crippen LogP contribution in [0.3, 0.4) is 0 Å². The number of pyridine rings is 1. The minimum absolute atomic E-state index is 0.506. The summed E-state index contributed by atoms with van der Waals surface area (Å²) in [6.07, 6.45) is 3.47. The second-order valence-corrected chi connectivity index (χ2v) is 6.75. The highest BCUT2D eigenvalue weighted by Gasteiger charge is 2.17. The monoisotopic (exact) mass is 394 g/mol. The SMILES string of the molecule is CCOc1ccc(-n2c(SCc3nnc(C)o3)nnc2-c2ccncc2)cc1. The molecule has 3 aromatic heterocycles. The third-order valence-electron chi connectivity index (χ3n) is 3.87. The molecule has 0 unspecified atom stereocenters. The topological polar surface area (TPSA) is 91.8 Å². The van der Waals surface area contributed by atoms with E-state index < -0.39 is 0 Å². The van der Waals surface area contributed by atoms with E-state index in [0.29, 0.717) is 24.1 Å². The number of aromatic nitrogens is 6. The van der Waals surface area contributed by atoms with E-state index in [1.165, 1.54) is 11.8 Å². The predicted molar refractivity (Wildman–Crippen MR) is 104 cm³/mol. The third-order valence-corrected chi connectivity index (χ3v) is 4.78. The number of hydrogen-bond donors (Lipinski definition) is 0. The normalized spacial score (nSPS) is 10.9. The average molecular weight is 394 g/mol. The van der Waals surface area contributed by atoms with Gasteiger partial charge < -0.3 is 9.15 Å². The summed E-state index contributed by atoms with van der Waals surface area (Å²) in [6, 6.07) is 11.7. The van der Waals surface area contributed by atoms with Crippen molar-refractivity contribution in [3.8, 4) is 22.8 Å². The van der Waals surface area contributed by atoms with Crippen molar-refractivity contribution in [1.29, 1.82) is 0 Å². The van der Waals surface area contributed by atoms with Gasteiger partial charge in [-0.1, -0.05) is 11.8 Å². The van der Waals surface area contributed by atoms with Gasteiger partial charge in [-0.3, -0.25) is 9.55 Å². The zero-order valence-electron chi connectivity index (χ0n) is 15.4. The molecular weight excluding hydrogens is 376 g/mol. The molecule has 8 nitrogen and oxygen atoms in total. The third kappa shape index (κ3) is 3.89. The van der Waals surface area contributed by atoms with Crippen LogP contribution in [0.25, 0.3) is 17.1 Å². The van der Waals surface area contributed by atoms with Crippen LogP contribution in [0.1, 0.15) is 18.7 Å². The Morgan fingerprint density at radius 2 is 1.79 bits per heavy atom. The molecule has 0 atom stereocenters. The maximum atomic E-state index is 5.55. The lowest BCUT2D eigenvalue weighted by molar-refractivity contribution is 0.340. The number of hydrogen-bond acceptors (Lipinski definition) is 8. The molecule has 0 bridgehead atoms. The van der Waals surface area contributed by atoms with E-state index in [2.05, 4.69) is 25.4 Å². The van der Waals surface area contributed by atoms with Crippen molar-refractivity contribution in [3.63, 3.8) is 0 Å². The number of ether oxygens (including phenoxy) is 1. The van der Waals surface area contributed by atoms with Crippen molar-refractivity contribution in [2.75, 3.05) is 6.61 Å². The molecule has 0 fully saturated rings. The lowest BCUT2D eigenvalue weighted by Crippen LogP contribution is -2.00. The van der Waals surface area contributed by atoms with E-state index in [1.54, 1.807) is 19.3 Å². The predicted octanol–water partition coefficient (Wildman–Crippen LogP) is 3.71. The number of benzene rings is 1. The highest BCUT2D eigenvalue weighted by Crippen LogP contribution is 2.30. The summed E-state index contributed by atoms with van der Waals surface area (Å²) in [4.78, 5) is 4.08. The van der Waals surface area contributed by atoms with Crippen molar-refractivity contribution in [2.45, 2.75) is 24.8 Å². The van der Waals surface area contributed by atoms with Crippen molar-refractivity contribution in [3.05, 3.63) is 60.6 Å². The lowest BCUT2D eigenvalue weighted by atomic mass is 10.2. The highest BCUT2D eigenvalue weighted by molar-refractivity contribution is 7.98. The molecule has 1 aromatic carbocycles. The fourth-order valence-corrected chi connectivity index (χ4v) is 3.45. The quantitative estimate of drug-likeness (QED) is 0.438. The van der Waals surface area contributed by atoms with E-state index in [4.69, 9.17) is 9.15 Å². The fraction of sp³-hybridized carbons (Fsp3) is 0.211. The lowest BCUT2D eigenvalue weighted by Gasteiger charge is -2.11. The second kappa shape index (κ2) is 8.22. The maximum absolute atomic E-state index is 5.55. The Hall–Kier alpha value is -3.20. The van der Waals surface area contributed by atoms with E-state index in [0.717, 1.165) is 28.0 Å². The van der Waals surface area contributed by atoms with Crippen LogP contribution >= 0.6 is 11.8 Å². The molecule has 0 radical (unpaired) electrons. The molecular formula is C19H18N6O2S. The standard InChI is InChI=1S/C19H18N6O2S/c1-3-26-16-6-4-15(5-7-16)25-18(14-8-10-20-11-9-14)23-24-19(25)28-12-17-22-21-13(2)27-17/h4-11H,3,12H2,1-2H3. The highest BCUT2D eigenvalue weighted by atomic mass is 32.2. The first kappa shape index (κ1) is 18.2. The van der Waals surface area contributed by atoms with Gasteiger partial charge in [-0.2, -0.15) is 0 Å². The van der Waals surface area contributed by atoms with Crippen LogP contribution in [-0.2, 0) is 5.75 Å². The van der Waals surface area contributed by atoms with E-state index in [9.17, 15) is 0 Å². The molecule has 142 valence electrons. The van der Waals surface area contributed by atoms with Crippen LogP contribution in [0.4, 0.5) is 0 Å². The molecule has 4 rings (SSSR count). The molecule has 9 heteroatoms. The molecule has 0 N–H and O–H groups in total. The second-order valence-electron chi connectivity index (χ2n) is 5.81. The number of aryl methyl sites for hydroxylation is 1. The number of thioether (sulfide) groups is 1. The van der Waals surface area contributed by atoms with Gasteiger partial charge in [0.15, 0.2) is 11.0 Å². The Balaban J connectivity index is 1.70. The zero-order chi connectivity index (χ0) is 19.3. The molecule has 0 spiro atoms. The first-order chi connectivity index (χ1) is 13.7. The zero-order valence-corrected chi connectivity index (χ0v) is 16.3. The van der Waals surface area contributed by atoms with Gasteiger partial charge >= 0.3 is 0 Å². The summed E-state index contributed by atoms with van der Waals surface area (Å²) >= 11 is 1.48. The van der Waals surface area contributed by atoms with E-state index >= 15 is 0 Å². The van der Waals surface area contributed by atoms with Gasteiger partial charge in [0.2, 0.25) is 11.8 Å². The fourth-order valence-electron chi connectivity index (χ4n) is 2.66. The molecule has 3 heterocycles. The minimum Gasteiger partial charge on any atom is -0.494 e. The van der Waals surface area contributed by atoms with Gasteiger partial charge in [-0.05, 0) is 43.3 Å². The Kier molecular flexibility index (Phi) is 5.34. The molecule has 0 aliphatic rings. The first-order valence-corrected chi connectivity index (χ1v) is 9.74. The van der Waals surface area contributed by atoms with Crippen LogP contribution in [0.2, 0.25) is 0 Å². The van der Waals surface area contributed by atoms with Gasteiger partial charge in [0.1, 0.15) is 5.75 Å². The first-order valence-electron chi connectivity index (χ1n) is 8.75. The molecule has 0 saturated heterocycles. The largest absolute Gasteiger partial charge is 0.494 e. The van der Waals surface area contributed by atoms with Gasteiger partial charge in [0, 0.05) is 30.6 Å². The molecule has 0 aliphatic carbocycles. The van der Waals surface area contributed by atoms with Crippen LogP contribution in [0, 0.1) is 6.92 Å². The van der Waals surface area contributed by atoms with Crippen LogP contribution in [-0.4, -0.2) is 36.6 Å². The average Bonchev–Trinajstić information content (AvgIpc) is 3.34. The summed E-state index contributed by atoms with van der Waals surface area (Å²) in [6.45, 7) is 4.35. The van der Waals surface area contributed by atoms with Gasteiger partial charge in [0.25, 0.3) is 0 Å². The summed E-state index contributed by atoms with van der Waals surface area (Å²) in [5.41, 5.74) is 1.86. The summed E-state index contributed by atoms with van der Waals surface area (Å²) in [5.74, 6) is 3.15. The van der Waals surface area contributed by atoms with Gasteiger partial charge in [0.05, 0.1) is 12.4 Å². The Labute approximate surface area is 166 Å². The van der Waals surface area contributed by atoms with Crippen molar-refractivity contribution in [2.24, 2.45) is 0 Å². The molecule has 0 aliphatic heterocycles. The Morgan fingerprint density at radius 1 is 1.00 bits per heavy atom. The van der Waals surface area contributed by atoms with Crippen molar-refractivity contribution in [1.82, 2.24) is 29.9 Å². The number of rotatable bonds is 7. The molecule has 28 heavy (non-hydrogen) atoms. The van der Waals surface area contributed by atoms with Crippen LogP contribution in [0.5, 0.6) is 5.75 Å². The van der Waals surface area contributed by atoms with Crippen LogP contribution in [0.15, 0.2) is 58.4 Å². The van der Waals surface area contributed by atoms with Gasteiger partial charge in [-0.25, -0.2) is 0 Å². The molecule has 0 saturated carbocycles. The van der Waals surface area contributed by atoms with E-state index in [1.807, 2.05) is 47.9 Å². The summed E-state index contributed by atoms with van der Waals surface area (Å²) in [5, 5.41) is 17.4. The summed E-state index contributed by atoms with van der Waals surface area (Å²) < 4.78 is 13.0. The van der Waals surface area contributed by atoms with E-state index in [-0.39, 0.29) is 0 Å². The van der Waals surface area contributed by atoms with Crippen molar-refractivity contribution >= 4 is 11.8 Å².